The van der Waals surface area contributed by atoms with E-state index in [2.05, 4.69) is 6.07 Å². The third-order valence-corrected chi connectivity index (χ3v) is 4.54. The molecular weight excluding hydrogens is 297 g/mol. The molecule has 0 aromatic heterocycles. The summed E-state index contributed by atoms with van der Waals surface area (Å²) >= 11 is 13.7. The van der Waals surface area contributed by atoms with Gasteiger partial charge in [-0.2, -0.15) is 0 Å². The molecule has 0 saturated carbocycles. The molecule has 0 amide bonds. The summed E-state index contributed by atoms with van der Waals surface area (Å²) in [7, 11) is 0. The molecule has 2 aromatic carbocycles. The van der Waals surface area contributed by atoms with Crippen LogP contribution in [0.2, 0.25) is 10.0 Å². The molecule has 4 heteroatoms. The third-order valence-electron chi connectivity index (χ3n) is 2.72. The van der Waals surface area contributed by atoms with E-state index in [1.807, 2.05) is 36.4 Å². The molecule has 2 N–H and O–H groups in total. The summed E-state index contributed by atoms with van der Waals surface area (Å²) in [4.78, 5) is 1.15. The summed E-state index contributed by atoms with van der Waals surface area (Å²) in [6, 6.07) is 13.8. The number of thioether (sulfide) groups is 1. The van der Waals surface area contributed by atoms with E-state index >= 15 is 0 Å². The predicted molar refractivity (Wildman–Crippen MR) is 86.4 cm³/mol. The van der Waals surface area contributed by atoms with Gasteiger partial charge in [-0.1, -0.05) is 35.3 Å². The van der Waals surface area contributed by atoms with Crippen LogP contribution in [0, 0.1) is 0 Å². The molecule has 0 saturated heterocycles. The van der Waals surface area contributed by atoms with Crippen molar-refractivity contribution in [3.63, 3.8) is 0 Å². The predicted octanol–water partition coefficient (Wildman–Crippen LogP) is 5.30. The number of rotatable bonds is 5. The van der Waals surface area contributed by atoms with Crippen molar-refractivity contribution in [2.45, 2.75) is 17.7 Å². The maximum atomic E-state index is 5.98. The van der Waals surface area contributed by atoms with Crippen molar-refractivity contribution in [1.82, 2.24) is 0 Å². The van der Waals surface area contributed by atoms with Crippen LogP contribution in [0.15, 0.2) is 47.4 Å². The molecule has 1 nitrogen and oxygen atoms in total. The molecule has 0 atom stereocenters. The second-order valence-electron chi connectivity index (χ2n) is 4.27. The lowest BCUT2D eigenvalue weighted by molar-refractivity contribution is 0.933. The van der Waals surface area contributed by atoms with Gasteiger partial charge < -0.3 is 5.73 Å². The molecule has 0 spiro atoms. The van der Waals surface area contributed by atoms with Gasteiger partial charge in [0.2, 0.25) is 0 Å². The van der Waals surface area contributed by atoms with Crippen molar-refractivity contribution in [3.8, 4) is 0 Å². The third kappa shape index (κ3) is 4.64. The molecule has 0 bridgehead atoms. The van der Waals surface area contributed by atoms with E-state index in [0.29, 0.717) is 10.0 Å². The van der Waals surface area contributed by atoms with Crippen LogP contribution >= 0.6 is 35.0 Å². The smallest absolute Gasteiger partial charge is 0.0603 e. The highest BCUT2D eigenvalue weighted by molar-refractivity contribution is 7.99. The van der Waals surface area contributed by atoms with E-state index in [0.717, 1.165) is 29.2 Å². The average molecular weight is 312 g/mol. The fourth-order valence-electron chi connectivity index (χ4n) is 1.78. The van der Waals surface area contributed by atoms with Gasteiger partial charge in [0.15, 0.2) is 0 Å². The zero-order valence-electron chi connectivity index (χ0n) is 10.4. The van der Waals surface area contributed by atoms with E-state index in [-0.39, 0.29) is 0 Å². The van der Waals surface area contributed by atoms with Crippen molar-refractivity contribution < 1.29 is 0 Å². The van der Waals surface area contributed by atoms with Gasteiger partial charge in [0.1, 0.15) is 0 Å². The Bertz CT molecular complexity index is 558. The first-order valence-electron chi connectivity index (χ1n) is 6.07. The number of nitrogen functional groups attached to an aromatic ring is 1. The zero-order valence-corrected chi connectivity index (χ0v) is 12.7. The van der Waals surface area contributed by atoms with Crippen molar-refractivity contribution in [3.05, 3.63) is 58.1 Å². The van der Waals surface area contributed by atoms with Crippen LogP contribution in [0.1, 0.15) is 12.0 Å². The fraction of sp³-hybridized carbons (Fsp3) is 0.200. The highest BCUT2D eigenvalue weighted by Crippen LogP contribution is 2.28. The molecule has 0 fully saturated rings. The molecule has 2 aromatic rings. The minimum Gasteiger partial charge on any atom is -0.399 e. The fourth-order valence-corrected chi connectivity index (χ4v) is 3.03. The Kier molecular flexibility index (Phi) is 5.44. The molecule has 0 aliphatic carbocycles. The maximum Gasteiger partial charge on any atom is 0.0603 e. The molecule has 0 radical (unpaired) electrons. The second-order valence-corrected chi connectivity index (χ2v) is 6.26. The van der Waals surface area contributed by atoms with Crippen LogP contribution in [0.4, 0.5) is 5.69 Å². The van der Waals surface area contributed by atoms with Crippen molar-refractivity contribution >= 4 is 40.7 Å². The van der Waals surface area contributed by atoms with Crippen LogP contribution in [0.5, 0.6) is 0 Å². The van der Waals surface area contributed by atoms with Gasteiger partial charge in [-0.05, 0) is 54.5 Å². The van der Waals surface area contributed by atoms with Crippen LogP contribution < -0.4 is 5.73 Å². The molecule has 0 heterocycles. The monoisotopic (exact) mass is 311 g/mol. The SMILES string of the molecule is Nc1cccc(CCCSc2ccc(Cl)c(Cl)c2)c1. The second kappa shape index (κ2) is 7.09. The molecule has 0 aliphatic rings. The standard InChI is InChI=1S/C15H15Cl2NS/c16-14-7-6-13(10-15(14)17)19-8-2-4-11-3-1-5-12(18)9-11/h1,3,5-7,9-10H,2,4,8,18H2. The molecule has 0 aliphatic heterocycles. The number of halogens is 2. The van der Waals surface area contributed by atoms with Gasteiger partial charge in [-0.15, -0.1) is 11.8 Å². The topological polar surface area (TPSA) is 26.0 Å². The lowest BCUT2D eigenvalue weighted by Crippen LogP contribution is -1.90. The molecule has 0 unspecified atom stereocenters. The summed E-state index contributed by atoms with van der Waals surface area (Å²) in [6.45, 7) is 0. The van der Waals surface area contributed by atoms with Crippen molar-refractivity contribution in [1.29, 1.82) is 0 Å². The number of aryl methyl sites for hydroxylation is 1. The minimum atomic E-state index is 0.603. The number of benzene rings is 2. The van der Waals surface area contributed by atoms with Gasteiger partial charge >= 0.3 is 0 Å². The summed E-state index contributed by atoms with van der Waals surface area (Å²) in [5.41, 5.74) is 7.87. The molecular formula is C15H15Cl2NS. The zero-order chi connectivity index (χ0) is 13.7. The maximum absolute atomic E-state index is 5.98. The Labute approximate surface area is 128 Å². The molecule has 19 heavy (non-hydrogen) atoms. The van der Waals surface area contributed by atoms with Crippen LogP contribution in [0.3, 0.4) is 0 Å². The quantitative estimate of drug-likeness (QED) is 0.460. The molecule has 100 valence electrons. The average Bonchev–Trinajstić information content (AvgIpc) is 2.39. The van der Waals surface area contributed by atoms with Crippen molar-refractivity contribution in [2.75, 3.05) is 11.5 Å². The summed E-state index contributed by atoms with van der Waals surface area (Å²) < 4.78 is 0. The number of nitrogens with two attached hydrogens (primary N) is 1. The van der Waals surface area contributed by atoms with E-state index in [1.165, 1.54) is 5.56 Å². The van der Waals surface area contributed by atoms with Gasteiger partial charge in [0.25, 0.3) is 0 Å². The number of anilines is 1. The van der Waals surface area contributed by atoms with Crippen LogP contribution in [-0.2, 0) is 6.42 Å². The number of hydrogen-bond acceptors (Lipinski definition) is 2. The van der Waals surface area contributed by atoms with Gasteiger partial charge in [-0.25, -0.2) is 0 Å². The van der Waals surface area contributed by atoms with E-state index < -0.39 is 0 Å². The summed E-state index contributed by atoms with van der Waals surface area (Å²) in [6.07, 6.45) is 2.15. The van der Waals surface area contributed by atoms with Crippen LogP contribution in [-0.4, -0.2) is 5.75 Å². The Morgan fingerprint density at radius 2 is 1.84 bits per heavy atom. The Balaban J connectivity index is 1.79. The van der Waals surface area contributed by atoms with Gasteiger partial charge in [0, 0.05) is 10.6 Å². The van der Waals surface area contributed by atoms with E-state index in [4.69, 9.17) is 28.9 Å². The van der Waals surface area contributed by atoms with Gasteiger partial charge in [0.05, 0.1) is 10.0 Å². The normalized spacial score (nSPS) is 10.6. The first-order chi connectivity index (χ1) is 9.15. The Hall–Kier alpha value is -0.830. The van der Waals surface area contributed by atoms with E-state index in [9.17, 15) is 0 Å². The number of hydrogen-bond donors (Lipinski definition) is 1. The molecule has 2 rings (SSSR count). The Morgan fingerprint density at radius 1 is 1.00 bits per heavy atom. The lowest BCUT2D eigenvalue weighted by atomic mass is 10.1. The lowest BCUT2D eigenvalue weighted by Gasteiger charge is -2.04. The van der Waals surface area contributed by atoms with Gasteiger partial charge in [-0.3, -0.25) is 0 Å². The highest BCUT2D eigenvalue weighted by Gasteiger charge is 2.00. The summed E-state index contributed by atoms with van der Waals surface area (Å²) in [5.74, 6) is 1.05. The minimum absolute atomic E-state index is 0.603. The largest absolute Gasteiger partial charge is 0.399 e. The van der Waals surface area contributed by atoms with E-state index in [1.54, 1.807) is 11.8 Å². The first-order valence-corrected chi connectivity index (χ1v) is 7.81. The van der Waals surface area contributed by atoms with Crippen LogP contribution in [0.25, 0.3) is 0 Å². The highest BCUT2D eigenvalue weighted by atomic mass is 35.5. The van der Waals surface area contributed by atoms with Crippen molar-refractivity contribution in [2.24, 2.45) is 0 Å². The summed E-state index contributed by atoms with van der Waals surface area (Å²) in [5, 5.41) is 1.22. The first kappa shape index (κ1) is 14.6. The Morgan fingerprint density at radius 3 is 2.58 bits per heavy atom.